The maximum atomic E-state index is 11.8. The first-order chi connectivity index (χ1) is 45.8. The monoisotopic (exact) mass is 1370 g/mol. The van der Waals surface area contributed by atoms with Gasteiger partial charge >= 0.3 is 0 Å². The molecule has 0 bridgehead atoms. The first-order valence-electron chi connectivity index (χ1n) is 36.6. The molecule has 14 rings (SSSR count). The second-order valence-electron chi connectivity index (χ2n) is 30.0. The van der Waals surface area contributed by atoms with Crippen molar-refractivity contribution in [2.24, 2.45) is 35.5 Å². The second kappa shape index (κ2) is 35.7. The van der Waals surface area contributed by atoms with Crippen LogP contribution in [0.15, 0.2) is 50.0 Å². The van der Waals surface area contributed by atoms with Crippen molar-refractivity contribution in [2.45, 2.75) is 161 Å². The summed E-state index contributed by atoms with van der Waals surface area (Å²) in [7, 11) is 12.5. The second-order valence-corrected chi connectivity index (χ2v) is 30.0. The van der Waals surface area contributed by atoms with Crippen LogP contribution in [0.4, 0.5) is 0 Å². The topological polar surface area (TPSA) is 175 Å². The Balaban J connectivity index is 0.000000157. The summed E-state index contributed by atoms with van der Waals surface area (Å²) in [5, 5.41) is 20.3. The molecule has 3 aromatic heterocycles. The molecule has 8 fully saturated rings. The van der Waals surface area contributed by atoms with Gasteiger partial charge < -0.3 is 67.4 Å². The van der Waals surface area contributed by atoms with Crippen LogP contribution in [-0.2, 0) is 48.5 Å². The molecule has 8 aliphatic rings. The average Bonchev–Trinajstić information content (AvgIpc) is 1.59. The Morgan fingerprint density at radius 2 is 0.750 bits per heavy atom. The minimum absolute atomic E-state index is 0. The van der Waals surface area contributed by atoms with Gasteiger partial charge in [-0.05, 0) is 282 Å². The Kier molecular flexibility index (Phi) is 27.3. The molecule has 1 N–H and O–H groups in total. The zero-order valence-corrected chi connectivity index (χ0v) is 60.4. The summed E-state index contributed by atoms with van der Waals surface area (Å²) in [5.41, 5.74) is 9.33. The molecule has 3 aliphatic carbocycles. The molecule has 0 spiro atoms. The number of nitrogens with zero attached hydrogens (tertiary/aromatic N) is 10. The zero-order chi connectivity index (χ0) is 64.9. The number of hydrogen-bond donors (Lipinski definition) is 1. The van der Waals surface area contributed by atoms with Crippen molar-refractivity contribution >= 4 is 69.5 Å². The van der Waals surface area contributed by atoms with Gasteiger partial charge in [-0.25, -0.2) is 0 Å². The predicted octanol–water partition coefficient (Wildman–Crippen LogP) is 12.3. The number of nitrogens with one attached hydrogen (secondary N) is 1. The summed E-state index contributed by atoms with van der Waals surface area (Å²) >= 11 is 0. The molecule has 8 heterocycles. The molecular formula is C75H113Cl2N11O8. The number of aryl methyl sites for hydroxylation is 3. The van der Waals surface area contributed by atoms with Gasteiger partial charge in [0.1, 0.15) is 17.2 Å². The van der Waals surface area contributed by atoms with Gasteiger partial charge in [0, 0.05) is 87.9 Å². The largest absolute Gasteiger partial charge is 0.493 e. The van der Waals surface area contributed by atoms with E-state index in [1.54, 1.807) is 0 Å². The number of hydrogen-bond acceptors (Lipinski definition) is 17. The smallest absolute Gasteiger partial charge is 0.222 e. The van der Waals surface area contributed by atoms with Gasteiger partial charge in [0.05, 0.1) is 53.6 Å². The summed E-state index contributed by atoms with van der Waals surface area (Å²) in [6.45, 7) is 17.4. The van der Waals surface area contributed by atoms with Crippen molar-refractivity contribution in [3.8, 4) is 17.2 Å². The van der Waals surface area contributed by atoms with Gasteiger partial charge in [-0.1, -0.05) is 15.5 Å². The van der Waals surface area contributed by atoms with E-state index in [9.17, 15) is 9.59 Å². The van der Waals surface area contributed by atoms with E-state index in [0.717, 1.165) is 295 Å². The number of piperidine rings is 3. The van der Waals surface area contributed by atoms with E-state index in [0.29, 0.717) is 11.8 Å². The zero-order valence-electron chi connectivity index (χ0n) is 58.8. The standard InChI is InChI=1S/2C27H40N4O3.C21H31N3O2.2ClH/c2*1-29(2)18-23-25(33-19-21-5-6-21)10-8-22-24(28-34-27(22)23)9-7-20-11-14-30(15-12-20)16-17-31-13-3-4-26(31)32;1-24(2)13-18-20(25-14-16-3-4-16)8-6-17-19(23-26-21(17)18)7-5-15-9-11-22-12-10-15;;/h2*8,10,20-21H,3-7,9,11-19H2,1-2H3;6,8,15-16,22H,3-5,7,9-14H2,1-2H3;2*1H. The minimum atomic E-state index is 0. The lowest BCUT2D eigenvalue weighted by molar-refractivity contribution is -0.128. The number of carbonyl (C=O) groups excluding carboxylic acids is 2. The number of amides is 2. The van der Waals surface area contributed by atoms with E-state index < -0.39 is 0 Å². The Labute approximate surface area is 583 Å². The van der Waals surface area contributed by atoms with Crippen molar-refractivity contribution in [3.05, 3.63) is 70.2 Å². The predicted molar refractivity (Wildman–Crippen MR) is 384 cm³/mol. The van der Waals surface area contributed by atoms with E-state index in [-0.39, 0.29) is 24.8 Å². The third-order valence-corrected chi connectivity index (χ3v) is 21.2. The number of ether oxygens (including phenoxy) is 3. The highest BCUT2D eigenvalue weighted by Crippen LogP contribution is 2.39. The minimum Gasteiger partial charge on any atom is -0.493 e. The third-order valence-electron chi connectivity index (χ3n) is 21.2. The summed E-state index contributed by atoms with van der Waals surface area (Å²) in [6.07, 6.45) is 25.2. The summed E-state index contributed by atoms with van der Waals surface area (Å²) in [6, 6.07) is 12.8. The molecular weight excluding hydrogens is 1250 g/mol. The van der Waals surface area contributed by atoms with Gasteiger partial charge in [0.15, 0.2) is 16.7 Å². The fourth-order valence-corrected chi connectivity index (χ4v) is 14.7. The molecule has 530 valence electrons. The van der Waals surface area contributed by atoms with Gasteiger partial charge in [-0.3, -0.25) is 9.59 Å². The maximum Gasteiger partial charge on any atom is 0.222 e. The number of likely N-dealkylation sites (tertiary alicyclic amines) is 4. The molecule has 19 nitrogen and oxygen atoms in total. The van der Waals surface area contributed by atoms with E-state index in [2.05, 4.69) is 124 Å². The molecule has 0 atom stereocenters. The normalized spacial score (nSPS) is 19.4. The molecule has 21 heteroatoms. The van der Waals surface area contributed by atoms with Crippen LogP contribution in [0.5, 0.6) is 17.2 Å². The molecule has 96 heavy (non-hydrogen) atoms. The van der Waals surface area contributed by atoms with Crippen molar-refractivity contribution in [1.82, 2.24) is 55.1 Å². The number of aromatic nitrogens is 3. The van der Waals surface area contributed by atoms with Crippen LogP contribution in [0.25, 0.3) is 32.9 Å². The van der Waals surface area contributed by atoms with E-state index in [4.69, 9.17) is 27.8 Å². The third kappa shape index (κ3) is 20.7. The van der Waals surface area contributed by atoms with Crippen LogP contribution in [0.3, 0.4) is 0 Å². The van der Waals surface area contributed by atoms with E-state index in [1.807, 2.05) is 9.80 Å². The molecule has 0 unspecified atom stereocenters. The van der Waals surface area contributed by atoms with Crippen LogP contribution in [0.1, 0.15) is 156 Å². The number of benzene rings is 3. The molecule has 5 saturated heterocycles. The Bertz CT molecular complexity index is 3230. The van der Waals surface area contributed by atoms with Crippen LogP contribution >= 0.6 is 24.8 Å². The first kappa shape index (κ1) is 73.5. The van der Waals surface area contributed by atoms with Gasteiger partial charge in [-0.2, -0.15) is 0 Å². The van der Waals surface area contributed by atoms with E-state index >= 15 is 0 Å². The molecule has 3 aromatic carbocycles. The lowest BCUT2D eigenvalue weighted by atomic mass is 9.91. The quantitative estimate of drug-likeness (QED) is 0.0450. The number of halogens is 2. The van der Waals surface area contributed by atoms with Crippen molar-refractivity contribution < 1.29 is 37.4 Å². The SMILES string of the molecule is CN(C)Cc1c(OCC2CC2)ccc2c(CCC3CCN(CCN4CCCC4=O)CC3)noc12.CN(C)Cc1c(OCC2CC2)ccc2c(CCC3CCN(CCN4CCCC4=O)CC3)noc12.CN(C)Cc1c(OCC2CC2)ccc2c(CCC3CCNCC3)noc12.Cl.Cl. The maximum absolute atomic E-state index is 11.8. The molecule has 0 radical (unpaired) electrons. The molecule has 3 saturated carbocycles. The molecule has 5 aliphatic heterocycles. The fourth-order valence-electron chi connectivity index (χ4n) is 14.7. The van der Waals surface area contributed by atoms with Gasteiger partial charge in [0.2, 0.25) is 11.8 Å². The molecule has 2 amide bonds. The van der Waals surface area contributed by atoms with Crippen LogP contribution in [-0.4, -0.2) is 202 Å². The number of fused-ring (bicyclic) bond motifs is 3. The highest BCUT2D eigenvalue weighted by Gasteiger charge is 2.30. The van der Waals surface area contributed by atoms with Crippen molar-refractivity contribution in [1.29, 1.82) is 0 Å². The number of rotatable bonds is 30. The highest BCUT2D eigenvalue weighted by atomic mass is 35.5. The lowest BCUT2D eigenvalue weighted by Gasteiger charge is -2.33. The van der Waals surface area contributed by atoms with Crippen molar-refractivity contribution in [3.63, 3.8) is 0 Å². The summed E-state index contributed by atoms with van der Waals surface area (Å²) in [4.78, 5) is 39.3. The van der Waals surface area contributed by atoms with Crippen molar-refractivity contribution in [2.75, 3.05) is 141 Å². The molecule has 6 aromatic rings. The van der Waals surface area contributed by atoms with Crippen LogP contribution in [0.2, 0.25) is 0 Å². The Hall–Kier alpha value is -5.25. The van der Waals surface area contributed by atoms with E-state index in [1.165, 1.54) is 83.5 Å². The Morgan fingerprint density at radius 3 is 1.04 bits per heavy atom. The van der Waals surface area contributed by atoms with Crippen LogP contribution < -0.4 is 19.5 Å². The van der Waals surface area contributed by atoms with Crippen LogP contribution in [0, 0.1) is 35.5 Å². The first-order valence-corrected chi connectivity index (χ1v) is 36.6. The van der Waals surface area contributed by atoms with Gasteiger partial charge in [-0.15, -0.1) is 24.8 Å². The summed E-state index contributed by atoms with van der Waals surface area (Å²) in [5.74, 6) is 7.99. The Morgan fingerprint density at radius 1 is 0.427 bits per heavy atom. The fraction of sp³-hybridized carbons (Fsp3) is 0.693. The highest BCUT2D eigenvalue weighted by molar-refractivity contribution is 5.87. The van der Waals surface area contributed by atoms with Gasteiger partial charge in [0.25, 0.3) is 0 Å². The lowest BCUT2D eigenvalue weighted by Crippen LogP contribution is -2.40. The number of carbonyl (C=O) groups is 2. The average molecular weight is 1370 g/mol. The summed E-state index contributed by atoms with van der Waals surface area (Å²) < 4.78 is 36.0.